The summed E-state index contributed by atoms with van der Waals surface area (Å²) in [6.45, 7) is 0.587. The molecule has 0 fully saturated rings. The average molecular weight is 296 g/mol. The van der Waals surface area contributed by atoms with Gasteiger partial charge in [0, 0.05) is 23.3 Å². The number of rotatable bonds is 2. The van der Waals surface area contributed by atoms with E-state index in [9.17, 15) is 8.42 Å². The predicted molar refractivity (Wildman–Crippen MR) is 69.9 cm³/mol. The van der Waals surface area contributed by atoms with Crippen molar-refractivity contribution in [1.82, 2.24) is 14.3 Å². The molecule has 0 saturated carbocycles. The van der Waals surface area contributed by atoms with E-state index in [1.165, 1.54) is 22.8 Å². The van der Waals surface area contributed by atoms with Crippen LogP contribution in [0.3, 0.4) is 0 Å². The van der Waals surface area contributed by atoms with E-state index in [1.807, 2.05) is 0 Å². The minimum absolute atomic E-state index is 0.234. The fourth-order valence-electron chi connectivity index (χ4n) is 2.00. The summed E-state index contributed by atoms with van der Waals surface area (Å²) >= 11 is 5.77. The van der Waals surface area contributed by atoms with E-state index in [4.69, 9.17) is 11.6 Å². The van der Waals surface area contributed by atoms with Gasteiger partial charge in [0.15, 0.2) is 0 Å². The third-order valence-electron chi connectivity index (χ3n) is 3.01. The first-order chi connectivity index (χ1) is 9.07. The van der Waals surface area contributed by atoms with Crippen LogP contribution in [-0.4, -0.2) is 22.7 Å². The van der Waals surface area contributed by atoms with Crippen molar-refractivity contribution in [3.8, 4) is 0 Å². The van der Waals surface area contributed by atoms with E-state index < -0.39 is 10.0 Å². The van der Waals surface area contributed by atoms with Crippen LogP contribution in [0.2, 0.25) is 5.02 Å². The Bertz CT molecular complexity index is 691. The highest BCUT2D eigenvalue weighted by molar-refractivity contribution is 7.89. The van der Waals surface area contributed by atoms with Crippen LogP contribution in [0.5, 0.6) is 0 Å². The van der Waals surface area contributed by atoms with Crippen LogP contribution in [0, 0.1) is 0 Å². The maximum atomic E-state index is 12.4. The fourth-order valence-corrected chi connectivity index (χ4v) is 3.50. The minimum atomic E-state index is -3.52. The molecule has 1 aliphatic rings. The van der Waals surface area contributed by atoms with Gasteiger partial charge in [-0.3, -0.25) is 0 Å². The summed E-state index contributed by atoms with van der Waals surface area (Å²) in [5.74, 6) is 0. The standard InChI is InChI=1S/C12H10ClN3O2S/c13-10-1-3-11(4-2-10)19(17,18)16-6-9-5-14-8-15-12(9)7-16/h1-5,8H,6-7H2. The van der Waals surface area contributed by atoms with Crippen molar-refractivity contribution in [2.45, 2.75) is 18.0 Å². The van der Waals surface area contributed by atoms with Gasteiger partial charge in [0.05, 0.1) is 17.1 Å². The summed E-state index contributed by atoms with van der Waals surface area (Å²) in [6.07, 6.45) is 3.08. The predicted octanol–water partition coefficient (Wildman–Crippen LogP) is 1.83. The van der Waals surface area contributed by atoms with Gasteiger partial charge in [-0.05, 0) is 24.3 Å². The van der Waals surface area contributed by atoms with E-state index in [0.29, 0.717) is 11.6 Å². The maximum absolute atomic E-state index is 12.4. The molecule has 3 rings (SSSR count). The van der Waals surface area contributed by atoms with E-state index in [-0.39, 0.29) is 11.4 Å². The third-order valence-corrected chi connectivity index (χ3v) is 5.06. The molecule has 5 nitrogen and oxygen atoms in total. The third kappa shape index (κ3) is 2.22. The zero-order valence-electron chi connectivity index (χ0n) is 9.82. The lowest BCUT2D eigenvalue weighted by Gasteiger charge is -2.15. The molecule has 7 heteroatoms. The molecule has 1 aromatic carbocycles. The molecule has 0 bridgehead atoms. The fraction of sp³-hybridized carbons (Fsp3) is 0.167. The molecule has 1 aromatic heterocycles. The quantitative estimate of drug-likeness (QED) is 0.848. The molecule has 1 aliphatic heterocycles. The van der Waals surface area contributed by atoms with Gasteiger partial charge < -0.3 is 0 Å². The molecule has 0 N–H and O–H groups in total. The molecular formula is C12H10ClN3O2S. The second-order valence-electron chi connectivity index (χ2n) is 4.22. The van der Waals surface area contributed by atoms with Crippen molar-refractivity contribution in [2.75, 3.05) is 0 Å². The second-order valence-corrected chi connectivity index (χ2v) is 6.60. The normalized spacial score (nSPS) is 15.4. The number of hydrogen-bond donors (Lipinski definition) is 0. The van der Waals surface area contributed by atoms with Gasteiger partial charge >= 0.3 is 0 Å². The largest absolute Gasteiger partial charge is 0.244 e. The van der Waals surface area contributed by atoms with Gasteiger partial charge in [-0.2, -0.15) is 4.31 Å². The molecule has 98 valence electrons. The van der Waals surface area contributed by atoms with Gasteiger partial charge in [0.2, 0.25) is 10.0 Å². The van der Waals surface area contributed by atoms with E-state index in [1.54, 1.807) is 18.3 Å². The molecule has 0 aliphatic carbocycles. The van der Waals surface area contributed by atoms with Crippen LogP contribution in [0.1, 0.15) is 11.3 Å². The zero-order chi connectivity index (χ0) is 13.5. The van der Waals surface area contributed by atoms with E-state index in [2.05, 4.69) is 9.97 Å². The van der Waals surface area contributed by atoms with Crippen LogP contribution in [0.4, 0.5) is 0 Å². The first-order valence-corrected chi connectivity index (χ1v) is 7.42. The Kier molecular flexibility index (Phi) is 3.00. The highest BCUT2D eigenvalue weighted by Gasteiger charge is 2.31. The van der Waals surface area contributed by atoms with Gasteiger partial charge in [0.1, 0.15) is 6.33 Å². The smallest absolute Gasteiger partial charge is 0.243 e. The first-order valence-electron chi connectivity index (χ1n) is 5.61. The number of nitrogens with zero attached hydrogens (tertiary/aromatic N) is 3. The van der Waals surface area contributed by atoms with Crippen molar-refractivity contribution in [3.63, 3.8) is 0 Å². The van der Waals surface area contributed by atoms with Gasteiger partial charge in [-0.1, -0.05) is 11.6 Å². The molecule has 0 atom stereocenters. The Hall–Kier alpha value is -1.50. The molecule has 19 heavy (non-hydrogen) atoms. The van der Waals surface area contributed by atoms with E-state index in [0.717, 1.165) is 11.3 Å². The highest BCUT2D eigenvalue weighted by Crippen LogP contribution is 2.27. The van der Waals surface area contributed by atoms with Crippen molar-refractivity contribution >= 4 is 21.6 Å². The first kappa shape index (κ1) is 12.5. The lowest BCUT2D eigenvalue weighted by Crippen LogP contribution is -2.25. The SMILES string of the molecule is O=S(=O)(c1ccc(Cl)cc1)N1Cc2cncnc2C1. The van der Waals surface area contributed by atoms with Crippen molar-refractivity contribution in [1.29, 1.82) is 0 Å². The van der Waals surface area contributed by atoms with Gasteiger partial charge in [0.25, 0.3) is 0 Å². The maximum Gasteiger partial charge on any atom is 0.243 e. The molecule has 0 spiro atoms. The summed E-state index contributed by atoms with van der Waals surface area (Å²) in [6, 6.07) is 6.15. The zero-order valence-corrected chi connectivity index (χ0v) is 11.4. The number of benzene rings is 1. The Morgan fingerprint density at radius 3 is 2.58 bits per heavy atom. The van der Waals surface area contributed by atoms with Crippen molar-refractivity contribution in [2.24, 2.45) is 0 Å². The van der Waals surface area contributed by atoms with Crippen molar-refractivity contribution in [3.05, 3.63) is 53.1 Å². The van der Waals surface area contributed by atoms with Gasteiger partial charge in [-0.25, -0.2) is 18.4 Å². The lowest BCUT2D eigenvalue weighted by atomic mass is 10.3. The highest BCUT2D eigenvalue weighted by atomic mass is 35.5. The Balaban J connectivity index is 1.94. The molecular weight excluding hydrogens is 286 g/mol. The lowest BCUT2D eigenvalue weighted by molar-refractivity contribution is 0.429. The second kappa shape index (κ2) is 4.56. The topological polar surface area (TPSA) is 63.2 Å². The number of hydrogen-bond acceptors (Lipinski definition) is 4. The molecule has 2 aromatic rings. The minimum Gasteiger partial charge on any atom is -0.244 e. The van der Waals surface area contributed by atoms with E-state index >= 15 is 0 Å². The molecule has 0 radical (unpaired) electrons. The number of sulfonamides is 1. The van der Waals surface area contributed by atoms with Crippen molar-refractivity contribution < 1.29 is 8.42 Å². The number of fused-ring (bicyclic) bond motifs is 1. The average Bonchev–Trinajstić information content (AvgIpc) is 2.83. The monoisotopic (exact) mass is 295 g/mol. The van der Waals surface area contributed by atoms with Crippen LogP contribution in [0.15, 0.2) is 41.7 Å². The molecule has 0 amide bonds. The number of aromatic nitrogens is 2. The summed E-state index contributed by atoms with van der Waals surface area (Å²) in [5.41, 5.74) is 1.60. The Morgan fingerprint density at radius 2 is 1.89 bits per heavy atom. The molecule has 2 heterocycles. The Labute approximate surface area is 115 Å². The summed E-state index contributed by atoms with van der Waals surface area (Å²) in [7, 11) is -3.52. The van der Waals surface area contributed by atoms with Crippen LogP contribution >= 0.6 is 11.6 Å². The van der Waals surface area contributed by atoms with Crippen LogP contribution in [0.25, 0.3) is 0 Å². The molecule has 0 saturated heterocycles. The van der Waals surface area contributed by atoms with Gasteiger partial charge in [-0.15, -0.1) is 0 Å². The Morgan fingerprint density at radius 1 is 1.16 bits per heavy atom. The summed E-state index contributed by atoms with van der Waals surface area (Å²) < 4.78 is 26.3. The van der Waals surface area contributed by atoms with Crippen LogP contribution in [-0.2, 0) is 23.1 Å². The summed E-state index contributed by atoms with van der Waals surface area (Å²) in [4.78, 5) is 8.23. The summed E-state index contributed by atoms with van der Waals surface area (Å²) in [5, 5.41) is 0.509. The van der Waals surface area contributed by atoms with Crippen LogP contribution < -0.4 is 0 Å². The number of halogens is 1. The molecule has 0 unspecified atom stereocenters.